The maximum absolute atomic E-state index is 13.2. The van der Waals surface area contributed by atoms with E-state index in [0.29, 0.717) is 29.4 Å². The van der Waals surface area contributed by atoms with Gasteiger partial charge < -0.3 is 10.1 Å². The fourth-order valence-electron chi connectivity index (χ4n) is 4.62. The molecule has 3 aromatic carbocycles. The number of hydrogen-bond donors (Lipinski definition) is 3. The number of methoxy groups -OCH3 is 1. The summed E-state index contributed by atoms with van der Waals surface area (Å²) in [6.07, 6.45) is 2.44. The van der Waals surface area contributed by atoms with Crippen molar-refractivity contribution >= 4 is 29.3 Å². The Kier molecular flexibility index (Phi) is 9.15. The number of aryl methyl sites for hydroxylation is 1. The zero-order valence-electron chi connectivity index (χ0n) is 22.8. The Bertz CT molecular complexity index is 1650. The molecule has 42 heavy (non-hydrogen) atoms. The standard InChI is InChI=1S/C31H28ClN7O3/c1-42-31(41)34-25-11-7-20(8-12-25)22-15-16-33-26(18-22)19-28(21-5-3-2-4-6-21)35-29(40)14-9-23-17-24(32)10-13-27(23)30-36-38-39-37-30/h2-8,10-13,15-18,28H,9,14,19H2,1H3,(H,34,41)(H,35,40)(H,36,37,38,39). The fourth-order valence-corrected chi connectivity index (χ4v) is 4.81. The molecule has 2 aromatic heterocycles. The van der Waals surface area contributed by atoms with Gasteiger partial charge in [0.2, 0.25) is 5.91 Å². The number of benzene rings is 3. The zero-order chi connectivity index (χ0) is 29.3. The number of carbonyl (C=O) groups is 2. The molecule has 0 bridgehead atoms. The quantitative estimate of drug-likeness (QED) is 0.190. The molecule has 5 rings (SSSR count). The molecule has 2 amide bonds. The van der Waals surface area contributed by atoms with Gasteiger partial charge in [-0.25, -0.2) is 9.89 Å². The highest BCUT2D eigenvalue weighted by atomic mass is 35.5. The van der Waals surface area contributed by atoms with Gasteiger partial charge in [-0.3, -0.25) is 15.1 Å². The van der Waals surface area contributed by atoms with Gasteiger partial charge in [-0.2, -0.15) is 0 Å². The third-order valence-electron chi connectivity index (χ3n) is 6.71. The Labute approximate surface area is 247 Å². The number of carbonyl (C=O) groups excluding carboxylic acids is 2. The van der Waals surface area contributed by atoms with Crippen molar-refractivity contribution < 1.29 is 14.3 Å². The first-order valence-corrected chi connectivity index (χ1v) is 13.6. The number of aromatic nitrogens is 5. The predicted octanol–water partition coefficient (Wildman–Crippen LogP) is 5.79. The maximum atomic E-state index is 13.2. The Hall–Kier alpha value is -5.09. The van der Waals surface area contributed by atoms with Gasteiger partial charge in [0.15, 0.2) is 5.82 Å². The average Bonchev–Trinajstić information content (AvgIpc) is 3.56. The third kappa shape index (κ3) is 7.35. The fraction of sp³-hybridized carbons (Fsp3) is 0.161. The van der Waals surface area contributed by atoms with Crippen LogP contribution >= 0.6 is 11.6 Å². The lowest BCUT2D eigenvalue weighted by molar-refractivity contribution is -0.121. The second kappa shape index (κ2) is 13.5. The van der Waals surface area contributed by atoms with Crippen LogP contribution in [0.25, 0.3) is 22.5 Å². The van der Waals surface area contributed by atoms with E-state index in [1.54, 1.807) is 12.3 Å². The van der Waals surface area contributed by atoms with Gasteiger partial charge in [0.25, 0.3) is 0 Å². The van der Waals surface area contributed by atoms with Crippen molar-refractivity contribution in [3.8, 4) is 22.5 Å². The Morgan fingerprint density at radius 1 is 0.976 bits per heavy atom. The Morgan fingerprint density at radius 2 is 1.79 bits per heavy atom. The number of ether oxygens (including phenoxy) is 1. The molecule has 11 heteroatoms. The van der Waals surface area contributed by atoms with E-state index < -0.39 is 6.09 Å². The van der Waals surface area contributed by atoms with E-state index in [4.69, 9.17) is 11.6 Å². The lowest BCUT2D eigenvalue weighted by atomic mass is 9.98. The number of aromatic amines is 1. The number of tetrazole rings is 1. The van der Waals surface area contributed by atoms with Crippen molar-refractivity contribution in [3.63, 3.8) is 0 Å². The summed E-state index contributed by atoms with van der Waals surface area (Å²) >= 11 is 6.25. The number of halogens is 1. The number of anilines is 1. The smallest absolute Gasteiger partial charge is 0.411 e. The molecule has 212 valence electrons. The lowest BCUT2D eigenvalue weighted by Gasteiger charge is -2.20. The number of hydrogen-bond acceptors (Lipinski definition) is 7. The summed E-state index contributed by atoms with van der Waals surface area (Å²) in [4.78, 5) is 29.3. The van der Waals surface area contributed by atoms with Crippen molar-refractivity contribution in [1.82, 2.24) is 30.9 Å². The highest BCUT2D eigenvalue weighted by molar-refractivity contribution is 6.30. The highest BCUT2D eigenvalue weighted by Gasteiger charge is 2.18. The first kappa shape index (κ1) is 28.4. The summed E-state index contributed by atoms with van der Waals surface area (Å²) in [5, 5.41) is 20.5. The second-order valence-electron chi connectivity index (χ2n) is 9.52. The molecular weight excluding hydrogens is 554 g/mol. The summed E-state index contributed by atoms with van der Waals surface area (Å²) in [7, 11) is 1.32. The van der Waals surface area contributed by atoms with Crippen molar-refractivity contribution in [2.75, 3.05) is 12.4 Å². The van der Waals surface area contributed by atoms with E-state index >= 15 is 0 Å². The number of amides is 2. The summed E-state index contributed by atoms with van der Waals surface area (Å²) < 4.78 is 4.65. The number of nitrogens with one attached hydrogen (secondary N) is 3. The van der Waals surface area contributed by atoms with Crippen LogP contribution in [0.3, 0.4) is 0 Å². The van der Waals surface area contributed by atoms with Gasteiger partial charge in [0.1, 0.15) is 0 Å². The number of rotatable bonds is 10. The molecule has 10 nitrogen and oxygen atoms in total. The maximum Gasteiger partial charge on any atom is 0.411 e. The Morgan fingerprint density at radius 3 is 2.52 bits per heavy atom. The first-order chi connectivity index (χ1) is 20.5. The predicted molar refractivity (Wildman–Crippen MR) is 160 cm³/mol. The number of nitrogens with zero attached hydrogens (tertiary/aromatic N) is 4. The molecule has 0 saturated heterocycles. The van der Waals surface area contributed by atoms with Crippen LogP contribution < -0.4 is 10.6 Å². The van der Waals surface area contributed by atoms with Crippen LogP contribution in [-0.4, -0.2) is 44.7 Å². The SMILES string of the molecule is COC(=O)Nc1ccc(-c2ccnc(CC(NC(=O)CCc3cc(Cl)ccc3-c3nnn[nH]3)c3ccccc3)c2)cc1. The molecule has 1 atom stereocenters. The van der Waals surface area contributed by atoms with Crippen LogP contribution in [0.1, 0.15) is 29.3 Å². The van der Waals surface area contributed by atoms with Gasteiger partial charge in [-0.05, 0) is 81.6 Å². The van der Waals surface area contributed by atoms with Crippen LogP contribution in [0.4, 0.5) is 10.5 Å². The first-order valence-electron chi connectivity index (χ1n) is 13.3. The molecule has 3 N–H and O–H groups in total. The lowest BCUT2D eigenvalue weighted by Crippen LogP contribution is -2.30. The zero-order valence-corrected chi connectivity index (χ0v) is 23.5. The Balaban J connectivity index is 1.30. The van der Waals surface area contributed by atoms with Crippen molar-refractivity contribution in [2.45, 2.75) is 25.3 Å². The van der Waals surface area contributed by atoms with Gasteiger partial charge in [-0.15, -0.1) is 5.10 Å². The topological polar surface area (TPSA) is 135 Å². The molecule has 1 unspecified atom stereocenters. The van der Waals surface area contributed by atoms with E-state index in [0.717, 1.165) is 33.5 Å². The van der Waals surface area contributed by atoms with Crippen LogP contribution in [0, 0.1) is 0 Å². The summed E-state index contributed by atoms with van der Waals surface area (Å²) in [5.74, 6) is 0.417. The minimum Gasteiger partial charge on any atom is -0.453 e. The minimum absolute atomic E-state index is 0.102. The summed E-state index contributed by atoms with van der Waals surface area (Å²) in [5.41, 5.74) is 6.04. The molecular formula is C31H28ClN7O3. The number of pyridine rings is 1. The highest BCUT2D eigenvalue weighted by Crippen LogP contribution is 2.26. The van der Waals surface area contributed by atoms with Crippen LogP contribution in [-0.2, 0) is 22.4 Å². The van der Waals surface area contributed by atoms with Crippen LogP contribution in [0.5, 0.6) is 0 Å². The van der Waals surface area contributed by atoms with Crippen LogP contribution in [0.15, 0.2) is 91.1 Å². The van der Waals surface area contributed by atoms with Crippen molar-refractivity contribution in [3.05, 3.63) is 113 Å². The van der Waals surface area contributed by atoms with Gasteiger partial charge in [-0.1, -0.05) is 54.1 Å². The van der Waals surface area contributed by atoms with E-state index in [9.17, 15) is 9.59 Å². The summed E-state index contributed by atoms with van der Waals surface area (Å²) in [6.45, 7) is 0. The largest absolute Gasteiger partial charge is 0.453 e. The normalized spacial score (nSPS) is 11.5. The average molecular weight is 582 g/mol. The molecule has 0 aliphatic heterocycles. The van der Waals surface area contributed by atoms with Gasteiger partial charge in [0.05, 0.1) is 13.2 Å². The molecule has 0 radical (unpaired) electrons. The van der Waals surface area contributed by atoms with E-state index in [1.165, 1.54) is 7.11 Å². The number of H-pyrrole nitrogens is 1. The van der Waals surface area contributed by atoms with Crippen LogP contribution in [0.2, 0.25) is 5.02 Å². The molecule has 5 aromatic rings. The van der Waals surface area contributed by atoms with Crippen molar-refractivity contribution in [1.29, 1.82) is 0 Å². The van der Waals surface area contributed by atoms with E-state index in [1.807, 2.05) is 78.9 Å². The molecule has 0 aliphatic carbocycles. The second-order valence-corrected chi connectivity index (χ2v) is 9.95. The molecule has 0 saturated carbocycles. The monoisotopic (exact) mass is 581 g/mol. The molecule has 2 heterocycles. The van der Waals surface area contributed by atoms with Crippen molar-refractivity contribution in [2.24, 2.45) is 0 Å². The molecule has 0 aliphatic rings. The van der Waals surface area contributed by atoms with E-state index in [-0.39, 0.29) is 18.4 Å². The molecule has 0 spiro atoms. The van der Waals surface area contributed by atoms with Gasteiger partial charge in [0, 0.05) is 41.0 Å². The summed E-state index contributed by atoms with van der Waals surface area (Å²) in [6, 6.07) is 26.4. The molecule has 0 fully saturated rings. The van der Waals surface area contributed by atoms with E-state index in [2.05, 4.69) is 41.0 Å². The van der Waals surface area contributed by atoms with Gasteiger partial charge >= 0.3 is 6.09 Å². The third-order valence-corrected chi connectivity index (χ3v) is 6.94. The minimum atomic E-state index is -0.525.